The molecule has 0 aliphatic carbocycles. The van der Waals surface area contributed by atoms with E-state index in [4.69, 9.17) is 30.5 Å². The zero-order valence-corrected chi connectivity index (χ0v) is 31.2. The summed E-state index contributed by atoms with van der Waals surface area (Å²) in [5.41, 5.74) is -1.93. The molecule has 1 saturated heterocycles. The van der Waals surface area contributed by atoms with Crippen molar-refractivity contribution in [3.05, 3.63) is 70.6 Å². The van der Waals surface area contributed by atoms with E-state index in [2.05, 4.69) is 5.32 Å². The van der Waals surface area contributed by atoms with E-state index in [1.54, 1.807) is 63.5 Å². The van der Waals surface area contributed by atoms with Gasteiger partial charge in [-0.3, -0.25) is 9.59 Å². The van der Waals surface area contributed by atoms with Gasteiger partial charge in [-0.15, -0.1) is 0 Å². The molecule has 0 spiro atoms. The number of methoxy groups -OCH3 is 1. The van der Waals surface area contributed by atoms with Gasteiger partial charge >= 0.3 is 11.9 Å². The van der Waals surface area contributed by atoms with Crippen LogP contribution in [0.3, 0.4) is 0 Å². The average molecular weight is 724 g/mol. The molecule has 0 saturated carbocycles. The zero-order chi connectivity index (χ0) is 37.4. The van der Waals surface area contributed by atoms with Gasteiger partial charge in [-0.25, -0.2) is 4.39 Å². The normalized spacial score (nSPS) is 31.1. The average Bonchev–Trinajstić information content (AvgIpc) is 3.82. The highest BCUT2D eigenvalue weighted by Crippen LogP contribution is 2.39. The van der Waals surface area contributed by atoms with Gasteiger partial charge in [0.1, 0.15) is 29.7 Å². The molecule has 2 unspecified atom stereocenters. The lowest BCUT2D eigenvalue weighted by Crippen LogP contribution is -2.52. The second-order valence-corrected chi connectivity index (χ2v) is 14.6. The van der Waals surface area contributed by atoms with Gasteiger partial charge in [0.25, 0.3) is 0 Å². The zero-order valence-electron chi connectivity index (χ0n) is 30.4. The number of allylic oxidation sites excluding steroid dienone is 2. The number of carbonyl (C=O) groups excluding carboxylic acids is 2. The lowest BCUT2D eigenvalue weighted by molar-refractivity contribution is -0.157. The van der Waals surface area contributed by atoms with Gasteiger partial charge in [-0.05, 0) is 63.8 Å². The standard InChI is InChI=1S/C38H55ClFNO9/c1-9-30(47-8)24(4)34-35(50-34)36(41-21-26-13-14-27(39)19-29(26)40)38(7,46)17-10-11-22(2)33-23(3)12-15-31(48-25(5)42)37(6,45)18-16-28(43)20-32(44)49-33/h10-15,17,19,23-24,28,30-31,33-36,41,43,45-46H,9,16,18,20-21H2,1-8H3/t23-,24+,28+,30-,31-,33+,34+,35-,36?,37+,38?/m0/s1. The van der Waals surface area contributed by atoms with E-state index in [1.165, 1.54) is 19.9 Å². The van der Waals surface area contributed by atoms with Crippen molar-refractivity contribution in [3.8, 4) is 0 Å². The number of hydrogen-bond donors (Lipinski definition) is 4. The van der Waals surface area contributed by atoms with Crippen LogP contribution in [0, 0.1) is 17.7 Å². The second kappa shape index (κ2) is 18.2. The van der Waals surface area contributed by atoms with E-state index in [1.807, 2.05) is 20.8 Å². The number of benzene rings is 1. The topological polar surface area (TPSA) is 147 Å². The molecule has 2 aliphatic rings. The maximum Gasteiger partial charge on any atom is 0.309 e. The Morgan fingerprint density at radius 2 is 1.98 bits per heavy atom. The fourth-order valence-corrected chi connectivity index (χ4v) is 6.71. The van der Waals surface area contributed by atoms with Gasteiger partial charge in [0.2, 0.25) is 0 Å². The maximum absolute atomic E-state index is 14.7. The molecule has 0 bridgehead atoms. The van der Waals surface area contributed by atoms with Crippen molar-refractivity contribution >= 4 is 23.5 Å². The van der Waals surface area contributed by atoms with Crippen LogP contribution < -0.4 is 5.32 Å². The van der Waals surface area contributed by atoms with Crippen LogP contribution >= 0.6 is 11.6 Å². The molecule has 4 N–H and O–H groups in total. The second-order valence-electron chi connectivity index (χ2n) is 14.1. The monoisotopic (exact) mass is 723 g/mol. The largest absolute Gasteiger partial charge is 0.457 e. The first-order valence-electron chi connectivity index (χ1n) is 17.3. The van der Waals surface area contributed by atoms with E-state index in [0.717, 1.165) is 6.42 Å². The first-order valence-corrected chi connectivity index (χ1v) is 17.7. The van der Waals surface area contributed by atoms with E-state index >= 15 is 0 Å². The molecular weight excluding hydrogens is 669 g/mol. The molecule has 2 aliphatic heterocycles. The van der Waals surface area contributed by atoms with E-state index in [0.29, 0.717) is 11.1 Å². The van der Waals surface area contributed by atoms with Crippen LogP contribution in [0.15, 0.2) is 54.2 Å². The predicted octanol–water partition coefficient (Wildman–Crippen LogP) is 5.35. The van der Waals surface area contributed by atoms with Crippen molar-refractivity contribution in [2.45, 2.75) is 135 Å². The Morgan fingerprint density at radius 1 is 1.28 bits per heavy atom. The molecule has 1 fully saturated rings. The molecule has 0 aromatic heterocycles. The number of nitrogens with one attached hydrogen (secondary N) is 1. The summed E-state index contributed by atoms with van der Waals surface area (Å²) in [7, 11) is 1.66. The quantitative estimate of drug-likeness (QED) is 0.0909. The van der Waals surface area contributed by atoms with Gasteiger partial charge in [0.05, 0.1) is 36.4 Å². The van der Waals surface area contributed by atoms with Crippen molar-refractivity contribution < 1.29 is 48.2 Å². The molecule has 0 radical (unpaired) electrons. The molecule has 1 aromatic carbocycles. The van der Waals surface area contributed by atoms with E-state index in [9.17, 15) is 29.3 Å². The number of carbonyl (C=O) groups is 2. The van der Waals surface area contributed by atoms with Crippen LogP contribution in [0.25, 0.3) is 0 Å². The highest BCUT2D eigenvalue weighted by Gasteiger charge is 2.54. The Morgan fingerprint density at radius 3 is 2.60 bits per heavy atom. The third-order valence-electron chi connectivity index (χ3n) is 9.72. The summed E-state index contributed by atoms with van der Waals surface area (Å²) >= 11 is 5.95. The van der Waals surface area contributed by atoms with E-state index < -0.39 is 59.2 Å². The summed E-state index contributed by atoms with van der Waals surface area (Å²) in [6, 6.07) is 3.81. The number of halogens is 2. The first kappa shape index (κ1) is 41.8. The summed E-state index contributed by atoms with van der Waals surface area (Å²) in [5, 5.41) is 37.0. The minimum absolute atomic E-state index is 0.0355. The minimum Gasteiger partial charge on any atom is -0.457 e. The summed E-state index contributed by atoms with van der Waals surface area (Å²) in [5.74, 6) is -2.01. The van der Waals surface area contributed by atoms with Crippen molar-refractivity contribution in [1.82, 2.24) is 5.32 Å². The Hall–Kier alpha value is -2.64. The Balaban J connectivity index is 1.89. The molecule has 280 valence electrons. The first-order chi connectivity index (χ1) is 23.4. The minimum atomic E-state index is -1.48. The van der Waals surface area contributed by atoms with Crippen LogP contribution in [0.2, 0.25) is 5.02 Å². The van der Waals surface area contributed by atoms with E-state index in [-0.39, 0.29) is 55.1 Å². The van der Waals surface area contributed by atoms with Crippen LogP contribution in [0.5, 0.6) is 0 Å². The summed E-state index contributed by atoms with van der Waals surface area (Å²) in [4.78, 5) is 24.7. The highest BCUT2D eigenvalue weighted by molar-refractivity contribution is 6.30. The molecule has 10 nitrogen and oxygen atoms in total. The lowest BCUT2D eigenvalue weighted by atomic mass is 9.87. The third kappa shape index (κ3) is 11.7. The summed E-state index contributed by atoms with van der Waals surface area (Å²) in [6.07, 6.45) is 5.56. The number of ether oxygens (including phenoxy) is 4. The number of aliphatic hydroxyl groups excluding tert-OH is 1. The van der Waals surface area contributed by atoms with Gasteiger partial charge in [0.15, 0.2) is 0 Å². The molecule has 2 heterocycles. The number of aliphatic hydroxyl groups is 3. The van der Waals surface area contributed by atoms with Crippen LogP contribution in [-0.2, 0) is 35.1 Å². The molecular formula is C38H55ClFNO9. The number of esters is 2. The molecule has 11 atom stereocenters. The number of epoxide rings is 1. The van der Waals surface area contributed by atoms with Crippen LogP contribution in [0.4, 0.5) is 4.39 Å². The van der Waals surface area contributed by atoms with Gasteiger partial charge < -0.3 is 39.6 Å². The highest BCUT2D eigenvalue weighted by atomic mass is 35.5. The smallest absolute Gasteiger partial charge is 0.309 e. The van der Waals surface area contributed by atoms with Crippen LogP contribution in [-0.4, -0.2) is 88.2 Å². The molecule has 50 heavy (non-hydrogen) atoms. The maximum atomic E-state index is 14.7. The van der Waals surface area contributed by atoms with Crippen LogP contribution in [0.1, 0.15) is 79.7 Å². The number of rotatable bonds is 13. The summed E-state index contributed by atoms with van der Waals surface area (Å²) < 4.78 is 37.7. The molecule has 1 aromatic rings. The molecule has 0 amide bonds. The molecule has 12 heteroatoms. The van der Waals surface area contributed by atoms with Crippen molar-refractivity contribution in [1.29, 1.82) is 0 Å². The fraction of sp³-hybridized carbons (Fsp3) is 0.632. The SMILES string of the molecule is CC[C@H](OC)[C@@H](C)[C@H]1O[C@@H]1C(NCc1ccc(Cl)cc1F)C(C)(O)C=CC=C(C)[C@H]1OC(=O)C[C@H](O)CC[C@@](C)(O)[C@@H](OC(C)=O)C=C[C@@H]1C. The molecule has 3 rings (SSSR count). The Labute approximate surface area is 300 Å². The third-order valence-corrected chi connectivity index (χ3v) is 9.95. The summed E-state index contributed by atoms with van der Waals surface area (Å²) in [6.45, 7) is 12.2. The predicted molar refractivity (Wildman–Crippen MR) is 189 cm³/mol. The van der Waals surface area contributed by atoms with Crippen molar-refractivity contribution in [2.75, 3.05) is 7.11 Å². The van der Waals surface area contributed by atoms with Crippen molar-refractivity contribution in [3.63, 3.8) is 0 Å². The van der Waals surface area contributed by atoms with Crippen molar-refractivity contribution in [2.24, 2.45) is 11.8 Å². The fourth-order valence-electron chi connectivity index (χ4n) is 6.56. The number of hydrogen-bond acceptors (Lipinski definition) is 10. The Kier molecular flexibility index (Phi) is 15.2. The Bertz CT molecular complexity index is 1390. The lowest BCUT2D eigenvalue weighted by Gasteiger charge is -2.32. The van der Waals surface area contributed by atoms with Gasteiger partial charge in [-0.1, -0.05) is 62.7 Å². The van der Waals surface area contributed by atoms with Gasteiger partial charge in [0, 0.05) is 43.0 Å². The van der Waals surface area contributed by atoms with Gasteiger partial charge in [-0.2, -0.15) is 0 Å². The number of cyclic esters (lactones) is 1.